The van der Waals surface area contributed by atoms with Crippen LogP contribution < -0.4 is 0 Å². The number of aryl methyl sites for hydroxylation is 1. The van der Waals surface area contributed by atoms with Crippen LogP contribution in [0.1, 0.15) is 78.5 Å². The fourth-order valence-corrected chi connectivity index (χ4v) is 4.44. The summed E-state index contributed by atoms with van der Waals surface area (Å²) in [5.74, 6) is 0.518. The topological polar surface area (TPSA) is 37.3 Å². The van der Waals surface area contributed by atoms with Gasteiger partial charge in [0.15, 0.2) is 5.78 Å². The van der Waals surface area contributed by atoms with Crippen LogP contribution in [0.4, 0.5) is 0 Å². The Morgan fingerprint density at radius 1 is 0.903 bits per heavy atom. The first kappa shape index (κ1) is 23.1. The van der Waals surface area contributed by atoms with Gasteiger partial charge in [-0.3, -0.25) is 4.79 Å². The minimum Gasteiger partial charge on any atom is -0.507 e. The van der Waals surface area contributed by atoms with Crippen molar-refractivity contribution < 1.29 is 9.90 Å². The average molecular weight is 417 g/mol. The molecule has 2 nitrogen and oxygen atoms in total. The van der Waals surface area contributed by atoms with Crippen LogP contribution in [0.5, 0.6) is 5.75 Å². The van der Waals surface area contributed by atoms with E-state index < -0.39 is 0 Å². The lowest BCUT2D eigenvalue weighted by atomic mass is 9.75. The van der Waals surface area contributed by atoms with E-state index in [0.717, 1.165) is 39.8 Å². The van der Waals surface area contributed by atoms with Gasteiger partial charge in [0.25, 0.3) is 0 Å². The normalized spacial score (nSPS) is 20.2. The highest BCUT2D eigenvalue weighted by molar-refractivity contribution is 6.11. The Kier molecular flexibility index (Phi) is 5.82. The van der Waals surface area contributed by atoms with E-state index in [4.69, 9.17) is 0 Å². The second-order valence-electron chi connectivity index (χ2n) is 11.0. The van der Waals surface area contributed by atoms with E-state index in [1.807, 2.05) is 19.9 Å². The molecule has 0 spiro atoms. The molecule has 0 aliphatic heterocycles. The van der Waals surface area contributed by atoms with E-state index in [9.17, 15) is 9.90 Å². The van der Waals surface area contributed by atoms with E-state index in [1.165, 1.54) is 16.7 Å². The molecule has 1 aromatic carbocycles. The van der Waals surface area contributed by atoms with Crippen LogP contribution in [0.3, 0.4) is 0 Å². The van der Waals surface area contributed by atoms with Gasteiger partial charge in [0.2, 0.25) is 0 Å². The molecule has 0 fully saturated rings. The molecule has 0 unspecified atom stereocenters. The maximum absolute atomic E-state index is 12.8. The molecule has 0 amide bonds. The molecule has 2 heteroatoms. The summed E-state index contributed by atoms with van der Waals surface area (Å²) in [6.45, 7) is 18.7. The Labute approximate surface area is 187 Å². The lowest BCUT2D eigenvalue weighted by molar-refractivity contribution is -0.113. The number of carbonyl (C=O) groups excluding carboxylic acids is 1. The monoisotopic (exact) mass is 416 g/mol. The summed E-state index contributed by atoms with van der Waals surface area (Å²) in [5.41, 5.74) is 9.00. The Balaban J connectivity index is 2.30. The summed E-state index contributed by atoms with van der Waals surface area (Å²) >= 11 is 0. The largest absolute Gasteiger partial charge is 0.507 e. The molecule has 0 aromatic heterocycles. The number of carbonyl (C=O) groups is 1. The quantitative estimate of drug-likeness (QED) is 0.514. The van der Waals surface area contributed by atoms with E-state index >= 15 is 0 Å². The molecule has 2 aliphatic rings. The Hall–Kier alpha value is -2.61. The molecule has 2 aliphatic carbocycles. The summed E-state index contributed by atoms with van der Waals surface area (Å²) in [4.78, 5) is 12.8. The minimum absolute atomic E-state index is 0.140. The summed E-state index contributed by atoms with van der Waals surface area (Å²) in [6, 6.07) is 4.22. The summed E-state index contributed by atoms with van der Waals surface area (Å²) < 4.78 is 0. The molecular formula is C29H36O2. The molecule has 3 rings (SSSR count). The Morgan fingerprint density at radius 2 is 1.55 bits per heavy atom. The van der Waals surface area contributed by atoms with Gasteiger partial charge >= 0.3 is 0 Å². The van der Waals surface area contributed by atoms with Gasteiger partial charge in [-0.05, 0) is 101 Å². The standard InChI is InChI=1S/C29H36O2/c1-17-11-10-12-22(20-13-18(2)26(30)23(15-20)28(4,5)6)25(17)21-14-19(3)27(31)24(16-21)29(7,8)9/h10-11,13-16,31H,12H2,1-9H3. The minimum atomic E-state index is -0.212. The van der Waals surface area contributed by atoms with Crippen molar-refractivity contribution in [2.45, 2.75) is 74.1 Å². The zero-order chi connectivity index (χ0) is 23.3. The number of aromatic hydroxyl groups is 1. The zero-order valence-corrected chi connectivity index (χ0v) is 20.5. The second kappa shape index (κ2) is 7.82. The second-order valence-corrected chi connectivity index (χ2v) is 11.0. The molecular weight excluding hydrogens is 380 g/mol. The van der Waals surface area contributed by atoms with Crippen LogP contribution in [-0.2, 0) is 10.2 Å². The van der Waals surface area contributed by atoms with Gasteiger partial charge in [0.1, 0.15) is 5.75 Å². The Morgan fingerprint density at radius 3 is 2.13 bits per heavy atom. The van der Waals surface area contributed by atoms with Crippen molar-refractivity contribution in [2.24, 2.45) is 5.41 Å². The highest BCUT2D eigenvalue weighted by Gasteiger charge is 2.29. The predicted molar refractivity (Wildman–Crippen MR) is 131 cm³/mol. The van der Waals surface area contributed by atoms with Crippen LogP contribution in [0.2, 0.25) is 0 Å². The molecule has 0 saturated heterocycles. The highest BCUT2D eigenvalue weighted by Crippen LogP contribution is 2.43. The third-order valence-electron chi connectivity index (χ3n) is 6.21. The van der Waals surface area contributed by atoms with Crippen molar-refractivity contribution in [3.8, 4) is 5.75 Å². The maximum Gasteiger partial charge on any atom is 0.185 e. The van der Waals surface area contributed by atoms with Gasteiger partial charge < -0.3 is 5.11 Å². The van der Waals surface area contributed by atoms with Gasteiger partial charge in [-0.1, -0.05) is 53.7 Å². The SMILES string of the molecule is CC1=CC(=C2CC=CC(C)=C2c2cc(C)c(O)c(C(C)(C)C)c2)C=C(C(C)(C)C)C1=O. The van der Waals surface area contributed by atoms with Crippen molar-refractivity contribution in [1.29, 1.82) is 0 Å². The van der Waals surface area contributed by atoms with Gasteiger partial charge in [0, 0.05) is 11.1 Å². The fourth-order valence-electron chi connectivity index (χ4n) is 4.44. The zero-order valence-electron chi connectivity index (χ0n) is 20.5. The third-order valence-corrected chi connectivity index (χ3v) is 6.21. The number of rotatable bonds is 1. The van der Waals surface area contributed by atoms with Crippen molar-refractivity contribution in [2.75, 3.05) is 0 Å². The van der Waals surface area contributed by atoms with Gasteiger partial charge in [0.05, 0.1) is 0 Å². The van der Waals surface area contributed by atoms with E-state index in [2.05, 4.69) is 78.8 Å². The van der Waals surface area contributed by atoms with E-state index in [0.29, 0.717) is 5.75 Å². The number of phenols is 1. The first-order valence-corrected chi connectivity index (χ1v) is 11.1. The number of allylic oxidation sites excluding steroid dienone is 10. The molecule has 31 heavy (non-hydrogen) atoms. The summed E-state index contributed by atoms with van der Waals surface area (Å²) in [7, 11) is 0. The third kappa shape index (κ3) is 4.39. The molecule has 1 aromatic rings. The molecule has 0 saturated carbocycles. The lowest BCUT2D eigenvalue weighted by Crippen LogP contribution is -2.21. The van der Waals surface area contributed by atoms with Crippen molar-refractivity contribution in [3.63, 3.8) is 0 Å². The highest BCUT2D eigenvalue weighted by atomic mass is 16.3. The summed E-state index contributed by atoms with van der Waals surface area (Å²) in [6.07, 6.45) is 9.32. The number of hydrogen-bond acceptors (Lipinski definition) is 2. The molecule has 164 valence electrons. The van der Waals surface area contributed by atoms with Gasteiger partial charge in [-0.25, -0.2) is 0 Å². The Bertz CT molecular complexity index is 1100. The number of ketones is 1. The number of hydrogen-bond donors (Lipinski definition) is 1. The fraction of sp³-hybridized carbons (Fsp3) is 0.414. The van der Waals surface area contributed by atoms with Crippen LogP contribution in [0.15, 0.2) is 64.3 Å². The smallest absolute Gasteiger partial charge is 0.185 e. The van der Waals surface area contributed by atoms with Crippen molar-refractivity contribution in [3.05, 3.63) is 81.0 Å². The average Bonchev–Trinajstić information content (AvgIpc) is 2.64. The molecule has 0 radical (unpaired) electrons. The van der Waals surface area contributed by atoms with Crippen LogP contribution in [0.25, 0.3) is 5.57 Å². The van der Waals surface area contributed by atoms with Crippen LogP contribution in [0, 0.1) is 12.3 Å². The van der Waals surface area contributed by atoms with Gasteiger partial charge in [-0.2, -0.15) is 0 Å². The number of Topliss-reactive ketones (excluding diaryl/α,β-unsaturated/α-hetero) is 1. The lowest BCUT2D eigenvalue weighted by Gasteiger charge is -2.28. The first-order chi connectivity index (χ1) is 14.2. The molecule has 0 atom stereocenters. The number of benzene rings is 1. The van der Waals surface area contributed by atoms with Crippen LogP contribution in [-0.4, -0.2) is 10.9 Å². The summed E-state index contributed by atoms with van der Waals surface area (Å²) in [5, 5.41) is 10.7. The maximum atomic E-state index is 12.8. The van der Waals surface area contributed by atoms with Crippen molar-refractivity contribution in [1.82, 2.24) is 0 Å². The first-order valence-electron chi connectivity index (χ1n) is 11.1. The van der Waals surface area contributed by atoms with Crippen LogP contribution >= 0.6 is 0 Å². The van der Waals surface area contributed by atoms with E-state index in [1.54, 1.807) is 0 Å². The molecule has 1 N–H and O–H groups in total. The van der Waals surface area contributed by atoms with Crippen molar-refractivity contribution >= 4 is 11.4 Å². The predicted octanol–water partition coefficient (Wildman–Crippen LogP) is 7.53. The van der Waals surface area contributed by atoms with E-state index in [-0.39, 0.29) is 16.6 Å². The van der Waals surface area contributed by atoms with Gasteiger partial charge in [-0.15, -0.1) is 0 Å². The molecule has 0 bridgehead atoms. The number of phenolic OH excluding ortho intramolecular Hbond substituents is 1. The molecule has 0 heterocycles.